The summed E-state index contributed by atoms with van der Waals surface area (Å²) in [4.78, 5) is 23.8. The number of halogens is 1. The lowest BCUT2D eigenvalue weighted by atomic mass is 10.3. The Labute approximate surface area is 144 Å². The molecule has 0 atom stereocenters. The number of pyridine rings is 1. The molecule has 0 aliphatic heterocycles. The molecule has 128 valence electrons. The fraction of sp³-hybridized carbons (Fsp3) is 0.200. The van der Waals surface area contributed by atoms with Crippen molar-refractivity contribution < 1.29 is 13.2 Å². The molecule has 0 saturated heterocycles. The van der Waals surface area contributed by atoms with E-state index in [1.807, 2.05) is 0 Å². The maximum atomic E-state index is 12.1. The zero-order valence-corrected chi connectivity index (χ0v) is 14.6. The molecule has 1 aromatic carbocycles. The smallest absolute Gasteiger partial charge is 0.251 e. The number of hydrogen-bond acceptors (Lipinski definition) is 4. The standard InChI is InChI=1S/C15H16ClN3O4S/c1-18(2)24(22,23)13-7-8-15(21)19(9-13)10-14(20)17-12-5-3-11(16)4-6-12/h3-9H,10H2,1-2H3,(H,17,20). The van der Waals surface area contributed by atoms with E-state index in [1.165, 1.54) is 20.2 Å². The first kappa shape index (κ1) is 18.2. The largest absolute Gasteiger partial charge is 0.325 e. The van der Waals surface area contributed by atoms with Gasteiger partial charge in [0.05, 0.1) is 4.90 Å². The fourth-order valence-electron chi connectivity index (χ4n) is 1.88. The van der Waals surface area contributed by atoms with Crippen molar-refractivity contribution in [1.29, 1.82) is 0 Å². The molecule has 9 heteroatoms. The number of nitrogens with one attached hydrogen (secondary N) is 1. The second-order valence-electron chi connectivity index (χ2n) is 5.17. The van der Waals surface area contributed by atoms with Gasteiger partial charge in [0.2, 0.25) is 15.9 Å². The summed E-state index contributed by atoms with van der Waals surface area (Å²) < 4.78 is 26.3. The number of rotatable bonds is 5. The predicted octanol–water partition coefficient (Wildman–Crippen LogP) is 1.39. The van der Waals surface area contributed by atoms with Crippen molar-refractivity contribution in [2.75, 3.05) is 19.4 Å². The third-order valence-corrected chi connectivity index (χ3v) is 5.23. The number of aromatic nitrogens is 1. The molecule has 1 heterocycles. The Kier molecular flexibility index (Phi) is 5.43. The van der Waals surface area contributed by atoms with Gasteiger partial charge in [-0.25, -0.2) is 12.7 Å². The highest BCUT2D eigenvalue weighted by Crippen LogP contribution is 2.14. The third kappa shape index (κ3) is 4.22. The number of hydrogen-bond donors (Lipinski definition) is 1. The molecule has 2 aromatic rings. The molecular weight excluding hydrogens is 354 g/mol. The summed E-state index contributed by atoms with van der Waals surface area (Å²) in [6.45, 7) is -0.307. The minimum atomic E-state index is -3.69. The molecule has 24 heavy (non-hydrogen) atoms. The van der Waals surface area contributed by atoms with E-state index in [-0.39, 0.29) is 11.4 Å². The van der Waals surface area contributed by atoms with Gasteiger partial charge in [0.25, 0.3) is 5.56 Å². The Bertz CT molecular complexity index is 905. The molecule has 0 radical (unpaired) electrons. The highest BCUT2D eigenvalue weighted by atomic mass is 35.5. The van der Waals surface area contributed by atoms with Gasteiger partial charge in [0, 0.05) is 37.1 Å². The molecule has 0 aliphatic carbocycles. The van der Waals surface area contributed by atoms with Gasteiger partial charge in [-0.05, 0) is 30.3 Å². The second kappa shape index (κ2) is 7.16. The van der Waals surface area contributed by atoms with E-state index in [0.717, 1.165) is 21.1 Å². The van der Waals surface area contributed by atoms with Crippen LogP contribution < -0.4 is 10.9 Å². The molecule has 2 rings (SSSR count). The zero-order valence-electron chi connectivity index (χ0n) is 13.1. The molecule has 0 fully saturated rings. The van der Waals surface area contributed by atoms with E-state index in [0.29, 0.717) is 10.7 Å². The van der Waals surface area contributed by atoms with E-state index in [2.05, 4.69) is 5.32 Å². The lowest BCUT2D eigenvalue weighted by Gasteiger charge is -2.13. The molecule has 0 bridgehead atoms. The normalized spacial score (nSPS) is 11.5. The van der Waals surface area contributed by atoms with Crippen molar-refractivity contribution in [3.8, 4) is 0 Å². The van der Waals surface area contributed by atoms with Crippen LogP contribution in [0.15, 0.2) is 52.3 Å². The highest BCUT2D eigenvalue weighted by Gasteiger charge is 2.18. The van der Waals surface area contributed by atoms with E-state index < -0.39 is 21.5 Å². The first-order valence-corrected chi connectivity index (χ1v) is 8.70. The molecule has 1 aromatic heterocycles. The average molecular weight is 370 g/mol. The van der Waals surface area contributed by atoms with Crippen molar-refractivity contribution in [2.24, 2.45) is 0 Å². The Morgan fingerprint density at radius 1 is 1.17 bits per heavy atom. The maximum Gasteiger partial charge on any atom is 0.251 e. The van der Waals surface area contributed by atoms with Crippen molar-refractivity contribution in [1.82, 2.24) is 8.87 Å². The van der Waals surface area contributed by atoms with E-state index >= 15 is 0 Å². The van der Waals surface area contributed by atoms with Crippen molar-refractivity contribution in [3.05, 3.63) is 58.0 Å². The number of sulfonamides is 1. The molecule has 0 unspecified atom stereocenters. The van der Waals surface area contributed by atoms with Crippen molar-refractivity contribution >= 4 is 33.2 Å². The van der Waals surface area contributed by atoms with Crippen LogP contribution in [0.2, 0.25) is 5.02 Å². The van der Waals surface area contributed by atoms with Crippen LogP contribution in [0.3, 0.4) is 0 Å². The Balaban J connectivity index is 2.21. The summed E-state index contributed by atoms with van der Waals surface area (Å²) in [5.41, 5.74) is 0.0495. The first-order chi connectivity index (χ1) is 11.2. The number of nitrogens with zero attached hydrogens (tertiary/aromatic N) is 2. The molecule has 7 nitrogen and oxygen atoms in total. The summed E-state index contributed by atoms with van der Waals surface area (Å²) >= 11 is 5.77. The summed E-state index contributed by atoms with van der Waals surface area (Å²) in [5, 5.41) is 3.14. The van der Waals surface area contributed by atoms with Gasteiger partial charge in [-0.2, -0.15) is 0 Å². The number of amides is 1. The monoisotopic (exact) mass is 369 g/mol. The number of carbonyl (C=O) groups is 1. The van der Waals surface area contributed by atoms with Crippen LogP contribution in [0.25, 0.3) is 0 Å². The Hall–Kier alpha value is -2.16. The van der Waals surface area contributed by atoms with Crippen LogP contribution in [0.5, 0.6) is 0 Å². The van der Waals surface area contributed by atoms with Gasteiger partial charge >= 0.3 is 0 Å². The van der Waals surface area contributed by atoms with Gasteiger partial charge < -0.3 is 9.88 Å². The van der Waals surface area contributed by atoms with E-state index in [4.69, 9.17) is 11.6 Å². The Morgan fingerprint density at radius 3 is 2.38 bits per heavy atom. The molecule has 0 aliphatic rings. The van der Waals surface area contributed by atoms with Gasteiger partial charge in [0.1, 0.15) is 6.54 Å². The van der Waals surface area contributed by atoms with Gasteiger partial charge in [0.15, 0.2) is 0 Å². The number of benzene rings is 1. The topological polar surface area (TPSA) is 88.5 Å². The van der Waals surface area contributed by atoms with Gasteiger partial charge in [-0.1, -0.05) is 11.6 Å². The average Bonchev–Trinajstić information content (AvgIpc) is 2.51. The minimum absolute atomic E-state index is 0.0635. The van der Waals surface area contributed by atoms with E-state index in [9.17, 15) is 18.0 Å². The fourth-order valence-corrected chi connectivity index (χ4v) is 2.93. The zero-order chi connectivity index (χ0) is 17.9. The minimum Gasteiger partial charge on any atom is -0.325 e. The third-order valence-electron chi connectivity index (χ3n) is 3.18. The van der Waals surface area contributed by atoms with Crippen molar-refractivity contribution in [2.45, 2.75) is 11.4 Å². The summed E-state index contributed by atoms with van der Waals surface area (Å²) in [7, 11) is -0.915. The summed E-state index contributed by atoms with van der Waals surface area (Å²) in [6.07, 6.45) is 1.15. The van der Waals surface area contributed by atoms with Crippen LogP contribution >= 0.6 is 11.6 Å². The highest BCUT2D eigenvalue weighted by molar-refractivity contribution is 7.89. The van der Waals surface area contributed by atoms with Crippen LogP contribution in [0.4, 0.5) is 5.69 Å². The molecule has 1 amide bonds. The number of carbonyl (C=O) groups excluding carboxylic acids is 1. The molecule has 0 saturated carbocycles. The molecular formula is C15H16ClN3O4S. The van der Waals surface area contributed by atoms with Crippen LogP contribution in [0, 0.1) is 0 Å². The van der Waals surface area contributed by atoms with Crippen LogP contribution in [-0.4, -0.2) is 37.3 Å². The van der Waals surface area contributed by atoms with Gasteiger partial charge in [-0.3, -0.25) is 9.59 Å². The van der Waals surface area contributed by atoms with Gasteiger partial charge in [-0.15, -0.1) is 0 Å². The first-order valence-electron chi connectivity index (χ1n) is 6.88. The van der Waals surface area contributed by atoms with Crippen molar-refractivity contribution in [3.63, 3.8) is 0 Å². The quantitative estimate of drug-likeness (QED) is 0.862. The van der Waals surface area contributed by atoms with Crippen LogP contribution in [-0.2, 0) is 21.4 Å². The van der Waals surface area contributed by atoms with E-state index in [1.54, 1.807) is 24.3 Å². The molecule has 0 spiro atoms. The lowest BCUT2D eigenvalue weighted by molar-refractivity contribution is -0.116. The number of anilines is 1. The predicted molar refractivity (Wildman–Crippen MR) is 91.7 cm³/mol. The Morgan fingerprint density at radius 2 is 1.79 bits per heavy atom. The maximum absolute atomic E-state index is 12.1. The lowest BCUT2D eigenvalue weighted by Crippen LogP contribution is -2.29. The summed E-state index contributed by atoms with van der Waals surface area (Å²) in [6, 6.07) is 8.81. The van der Waals surface area contributed by atoms with Crippen LogP contribution in [0.1, 0.15) is 0 Å². The second-order valence-corrected chi connectivity index (χ2v) is 7.76. The SMILES string of the molecule is CN(C)S(=O)(=O)c1ccc(=O)n(CC(=O)Nc2ccc(Cl)cc2)c1. The summed E-state index contributed by atoms with van der Waals surface area (Å²) in [5.74, 6) is -0.459. The molecule has 1 N–H and O–H groups in total.